The van der Waals surface area contributed by atoms with Crippen LogP contribution in [0.1, 0.15) is 25.3 Å². The molecule has 0 saturated carbocycles. The molecule has 0 radical (unpaired) electrons. The molecule has 1 aliphatic rings. The molecule has 1 aromatic heterocycles. The molecule has 1 N–H and O–H groups in total. The molecule has 1 aromatic carbocycles. The number of rotatable bonds is 6. The van der Waals surface area contributed by atoms with Crippen molar-refractivity contribution in [3.8, 4) is 0 Å². The molecular formula is C21H25N3O5S. The summed E-state index contributed by atoms with van der Waals surface area (Å²) in [4.78, 5) is 28.8. The molecule has 1 atom stereocenters. The number of sulfonamides is 1. The van der Waals surface area contributed by atoms with Gasteiger partial charge in [-0.15, -0.1) is 0 Å². The number of piperidine rings is 1. The van der Waals surface area contributed by atoms with Gasteiger partial charge in [0, 0.05) is 31.2 Å². The maximum atomic E-state index is 12.6. The molecule has 30 heavy (non-hydrogen) atoms. The van der Waals surface area contributed by atoms with Gasteiger partial charge in [0.05, 0.1) is 5.92 Å². The summed E-state index contributed by atoms with van der Waals surface area (Å²) in [7, 11) is -3.63. The molecule has 0 bridgehead atoms. The van der Waals surface area contributed by atoms with Crippen LogP contribution in [0.25, 0.3) is 0 Å². The number of carbonyl (C=O) groups is 2. The third-order valence-corrected chi connectivity index (χ3v) is 7.01. The van der Waals surface area contributed by atoms with Crippen LogP contribution >= 0.6 is 0 Å². The van der Waals surface area contributed by atoms with Crippen molar-refractivity contribution in [2.75, 3.05) is 18.4 Å². The number of hydrogen-bond donors (Lipinski definition) is 1. The van der Waals surface area contributed by atoms with Crippen LogP contribution < -0.4 is 5.32 Å². The number of amides is 1. The fourth-order valence-corrected chi connectivity index (χ4v) is 4.69. The number of nitrogens with one attached hydrogen (secondary N) is 1. The second kappa shape index (κ2) is 9.36. The first-order valence-corrected chi connectivity index (χ1v) is 11.2. The number of esters is 1. The maximum absolute atomic E-state index is 12.6. The number of benzene rings is 1. The Kier molecular flexibility index (Phi) is 6.84. The van der Waals surface area contributed by atoms with E-state index in [0.717, 1.165) is 5.56 Å². The first-order valence-electron chi connectivity index (χ1n) is 9.76. The summed E-state index contributed by atoms with van der Waals surface area (Å²) in [6.07, 6.45) is 2.55. The summed E-state index contributed by atoms with van der Waals surface area (Å²) in [6, 6.07) is 10.4. The van der Waals surface area contributed by atoms with Crippen molar-refractivity contribution in [2.24, 2.45) is 5.92 Å². The molecule has 1 saturated heterocycles. The van der Waals surface area contributed by atoms with E-state index in [9.17, 15) is 18.0 Å². The molecule has 3 rings (SSSR count). The van der Waals surface area contributed by atoms with Gasteiger partial charge in [0.15, 0.2) is 6.10 Å². The summed E-state index contributed by atoms with van der Waals surface area (Å²) < 4.78 is 32.0. The second-order valence-electron chi connectivity index (χ2n) is 7.25. The van der Waals surface area contributed by atoms with Crippen LogP contribution in [0.2, 0.25) is 0 Å². The van der Waals surface area contributed by atoms with Gasteiger partial charge in [-0.2, -0.15) is 4.31 Å². The van der Waals surface area contributed by atoms with E-state index in [1.807, 2.05) is 25.1 Å². The van der Waals surface area contributed by atoms with Gasteiger partial charge in [0.2, 0.25) is 10.0 Å². The van der Waals surface area contributed by atoms with Gasteiger partial charge in [0.25, 0.3) is 5.91 Å². The van der Waals surface area contributed by atoms with Crippen LogP contribution in [0.4, 0.5) is 5.69 Å². The van der Waals surface area contributed by atoms with Crippen LogP contribution in [0.5, 0.6) is 0 Å². The van der Waals surface area contributed by atoms with Crippen molar-refractivity contribution < 1.29 is 22.7 Å². The van der Waals surface area contributed by atoms with Crippen LogP contribution in [0.15, 0.2) is 53.7 Å². The molecule has 8 nitrogen and oxygen atoms in total. The number of ether oxygens (including phenoxy) is 1. The molecule has 160 valence electrons. The van der Waals surface area contributed by atoms with E-state index >= 15 is 0 Å². The smallest absolute Gasteiger partial charge is 0.309 e. The maximum Gasteiger partial charge on any atom is 0.309 e. The Bertz CT molecular complexity index is 1000. The van der Waals surface area contributed by atoms with Crippen LogP contribution in [0, 0.1) is 12.8 Å². The number of hydrogen-bond acceptors (Lipinski definition) is 6. The van der Waals surface area contributed by atoms with Crippen LogP contribution in [-0.2, 0) is 24.3 Å². The Morgan fingerprint density at radius 3 is 2.50 bits per heavy atom. The van der Waals surface area contributed by atoms with E-state index < -0.39 is 33.9 Å². The van der Waals surface area contributed by atoms with Crippen molar-refractivity contribution in [3.63, 3.8) is 0 Å². The van der Waals surface area contributed by atoms with E-state index in [2.05, 4.69) is 10.3 Å². The summed E-state index contributed by atoms with van der Waals surface area (Å²) in [5, 5.41) is 2.75. The third-order valence-electron chi connectivity index (χ3n) is 5.12. The van der Waals surface area contributed by atoms with Gasteiger partial charge >= 0.3 is 5.97 Å². The van der Waals surface area contributed by atoms with E-state index in [1.54, 1.807) is 12.1 Å². The summed E-state index contributed by atoms with van der Waals surface area (Å²) >= 11 is 0. The lowest BCUT2D eigenvalue weighted by atomic mass is 9.98. The number of carbonyl (C=O) groups excluding carboxylic acids is 2. The van der Waals surface area contributed by atoms with Crippen LogP contribution in [-0.4, -0.2) is 48.8 Å². The Hall–Kier alpha value is -2.78. The predicted molar refractivity (Wildman–Crippen MR) is 111 cm³/mol. The SMILES string of the molecule is Cc1ccccc1NC(=O)C(C)OC(=O)C1CCN(S(=O)(=O)c2cccnc2)CC1. The zero-order valence-corrected chi connectivity index (χ0v) is 17.8. The van der Waals surface area contributed by atoms with Crippen molar-refractivity contribution >= 4 is 27.6 Å². The van der Waals surface area contributed by atoms with Gasteiger partial charge in [0.1, 0.15) is 4.90 Å². The normalized spacial score (nSPS) is 16.6. The second-order valence-corrected chi connectivity index (χ2v) is 9.19. The van der Waals surface area contributed by atoms with Gasteiger partial charge in [-0.25, -0.2) is 8.42 Å². The monoisotopic (exact) mass is 431 g/mol. The van der Waals surface area contributed by atoms with Crippen LogP contribution in [0.3, 0.4) is 0 Å². The molecule has 9 heteroatoms. The summed E-state index contributed by atoms with van der Waals surface area (Å²) in [5.41, 5.74) is 1.57. The molecular weight excluding hydrogens is 406 g/mol. The lowest BCUT2D eigenvalue weighted by molar-refractivity contribution is -0.158. The lowest BCUT2D eigenvalue weighted by Gasteiger charge is -2.30. The highest BCUT2D eigenvalue weighted by atomic mass is 32.2. The number of pyridine rings is 1. The number of anilines is 1. The minimum Gasteiger partial charge on any atom is -0.452 e. The fraction of sp³-hybridized carbons (Fsp3) is 0.381. The Morgan fingerprint density at radius 1 is 1.17 bits per heavy atom. The van der Waals surface area contributed by atoms with Gasteiger partial charge in [-0.3, -0.25) is 14.6 Å². The first kappa shape index (κ1) is 21.9. The standard InChI is InChI=1S/C21H25N3O5S/c1-15-6-3-4-8-19(15)23-20(25)16(2)29-21(26)17-9-12-24(13-10-17)30(27,28)18-7-5-11-22-14-18/h3-8,11,14,16-17H,9-10,12-13H2,1-2H3,(H,23,25). The quantitative estimate of drug-likeness (QED) is 0.704. The molecule has 1 amide bonds. The van der Waals surface area contributed by atoms with Gasteiger partial charge < -0.3 is 10.1 Å². The molecule has 2 aromatic rings. The number of aryl methyl sites for hydroxylation is 1. The number of para-hydroxylation sites is 1. The molecule has 0 aliphatic carbocycles. The molecule has 1 unspecified atom stereocenters. The van der Waals surface area contributed by atoms with E-state index in [4.69, 9.17) is 4.74 Å². The van der Waals surface area contributed by atoms with Crippen molar-refractivity contribution in [1.82, 2.24) is 9.29 Å². The highest BCUT2D eigenvalue weighted by molar-refractivity contribution is 7.89. The highest BCUT2D eigenvalue weighted by Crippen LogP contribution is 2.24. The van der Waals surface area contributed by atoms with Gasteiger partial charge in [-0.05, 0) is 50.5 Å². The first-order chi connectivity index (χ1) is 14.3. The Balaban J connectivity index is 1.53. The lowest BCUT2D eigenvalue weighted by Crippen LogP contribution is -2.41. The minimum absolute atomic E-state index is 0.132. The van der Waals surface area contributed by atoms with Gasteiger partial charge in [-0.1, -0.05) is 18.2 Å². The fourth-order valence-electron chi connectivity index (χ4n) is 3.25. The Morgan fingerprint density at radius 2 is 1.87 bits per heavy atom. The predicted octanol–water partition coefficient (Wildman–Crippen LogP) is 2.36. The van der Waals surface area contributed by atoms with Crippen molar-refractivity contribution in [1.29, 1.82) is 0 Å². The molecule has 1 fully saturated rings. The summed E-state index contributed by atoms with van der Waals surface area (Å²) in [5.74, 6) is -1.34. The number of aromatic nitrogens is 1. The minimum atomic E-state index is -3.63. The highest BCUT2D eigenvalue weighted by Gasteiger charge is 2.34. The molecule has 0 spiro atoms. The number of nitrogens with zero attached hydrogens (tertiary/aromatic N) is 2. The zero-order chi connectivity index (χ0) is 21.7. The Labute approximate surface area is 176 Å². The third kappa shape index (κ3) is 5.03. The average Bonchev–Trinajstić information content (AvgIpc) is 2.76. The molecule has 1 aliphatic heterocycles. The van der Waals surface area contributed by atoms with E-state index in [1.165, 1.54) is 29.7 Å². The van der Waals surface area contributed by atoms with E-state index in [0.29, 0.717) is 18.5 Å². The summed E-state index contributed by atoms with van der Waals surface area (Å²) in [6.45, 7) is 3.81. The average molecular weight is 432 g/mol. The zero-order valence-electron chi connectivity index (χ0n) is 16.9. The topological polar surface area (TPSA) is 106 Å². The van der Waals surface area contributed by atoms with Crippen molar-refractivity contribution in [3.05, 3.63) is 54.4 Å². The largest absolute Gasteiger partial charge is 0.452 e. The van der Waals surface area contributed by atoms with E-state index in [-0.39, 0.29) is 18.0 Å². The van der Waals surface area contributed by atoms with Crippen molar-refractivity contribution in [2.45, 2.75) is 37.7 Å². The molecule has 2 heterocycles.